The number of benzene rings is 3. The van der Waals surface area contributed by atoms with Gasteiger partial charge in [-0.2, -0.15) is 4.39 Å². The highest BCUT2D eigenvalue weighted by Gasteiger charge is 2.18. The second kappa shape index (κ2) is 11.4. The molecule has 0 heterocycles. The van der Waals surface area contributed by atoms with Gasteiger partial charge in [-0.3, -0.25) is 0 Å². The molecule has 0 amide bonds. The van der Waals surface area contributed by atoms with Crippen LogP contribution in [0, 0.1) is 23.4 Å². The third-order valence-corrected chi connectivity index (χ3v) is 6.56. The molecule has 3 aromatic rings. The molecule has 0 radical (unpaired) electrons. The Balaban J connectivity index is 1.51. The Kier molecular flexibility index (Phi) is 8.12. The van der Waals surface area contributed by atoms with E-state index in [-0.39, 0.29) is 17.1 Å². The number of halogens is 3. The van der Waals surface area contributed by atoms with Gasteiger partial charge in [0.25, 0.3) is 0 Å². The summed E-state index contributed by atoms with van der Waals surface area (Å²) in [6.07, 6.45) is 11.0. The van der Waals surface area contributed by atoms with Crippen LogP contribution in [0.15, 0.2) is 72.8 Å². The molecule has 0 saturated heterocycles. The summed E-state index contributed by atoms with van der Waals surface area (Å²) < 4.78 is 49.5. The summed E-state index contributed by atoms with van der Waals surface area (Å²) in [5.41, 5.74) is 3.98. The molecule has 0 aliphatic heterocycles. The van der Waals surface area contributed by atoms with Gasteiger partial charge in [-0.1, -0.05) is 68.0 Å². The molecule has 1 nitrogen and oxygen atoms in total. The maximum Gasteiger partial charge on any atom is 0.201 e. The summed E-state index contributed by atoms with van der Waals surface area (Å²) >= 11 is 0. The first-order chi connectivity index (χ1) is 17.0. The number of hydrogen-bond donors (Lipinski definition) is 0. The molecule has 3 aromatic carbocycles. The third-order valence-electron chi connectivity index (χ3n) is 6.56. The Labute approximate surface area is 206 Å². The Bertz CT molecular complexity index is 1220. The van der Waals surface area contributed by atoms with Gasteiger partial charge in [-0.25, -0.2) is 8.78 Å². The molecule has 0 bridgehead atoms. The zero-order valence-corrected chi connectivity index (χ0v) is 20.3. The van der Waals surface area contributed by atoms with Gasteiger partial charge in [0.05, 0.1) is 6.61 Å². The summed E-state index contributed by atoms with van der Waals surface area (Å²) in [6.45, 7) is 4.38. The van der Waals surface area contributed by atoms with Crippen molar-refractivity contribution in [3.63, 3.8) is 0 Å². The minimum absolute atomic E-state index is 0.0719. The van der Waals surface area contributed by atoms with Crippen molar-refractivity contribution in [2.75, 3.05) is 6.61 Å². The van der Waals surface area contributed by atoms with Crippen LogP contribution in [0.3, 0.4) is 0 Å². The van der Waals surface area contributed by atoms with Crippen LogP contribution in [0.25, 0.3) is 27.8 Å². The summed E-state index contributed by atoms with van der Waals surface area (Å²) in [5.74, 6) is -1.69. The molecule has 0 fully saturated rings. The number of hydrogen-bond acceptors (Lipinski definition) is 1. The number of unbranched alkanes of at least 4 members (excludes halogenated alkanes) is 1. The van der Waals surface area contributed by atoms with Crippen molar-refractivity contribution in [3.05, 3.63) is 95.8 Å². The highest BCUT2D eigenvalue weighted by Crippen LogP contribution is 2.35. The van der Waals surface area contributed by atoms with Crippen LogP contribution in [0.4, 0.5) is 13.2 Å². The lowest BCUT2D eigenvalue weighted by atomic mass is 9.86. The Morgan fingerprint density at radius 1 is 0.886 bits per heavy atom. The van der Waals surface area contributed by atoms with Gasteiger partial charge in [-0.15, -0.1) is 0 Å². The van der Waals surface area contributed by atoms with Crippen molar-refractivity contribution >= 4 is 5.57 Å². The lowest BCUT2D eigenvalue weighted by Gasteiger charge is -2.20. The predicted octanol–water partition coefficient (Wildman–Crippen LogP) is 9.38. The highest BCUT2D eigenvalue weighted by molar-refractivity contribution is 5.74. The molecule has 0 saturated carbocycles. The van der Waals surface area contributed by atoms with Crippen LogP contribution >= 0.6 is 0 Å². The van der Waals surface area contributed by atoms with Crippen molar-refractivity contribution in [1.82, 2.24) is 0 Å². The van der Waals surface area contributed by atoms with E-state index in [2.05, 4.69) is 18.2 Å². The van der Waals surface area contributed by atoms with E-state index in [9.17, 15) is 13.2 Å². The van der Waals surface area contributed by atoms with Crippen LogP contribution in [-0.2, 0) is 0 Å². The molecule has 0 spiro atoms. The second-order valence-electron chi connectivity index (χ2n) is 9.00. The van der Waals surface area contributed by atoms with Gasteiger partial charge in [0.1, 0.15) is 5.82 Å². The zero-order chi connectivity index (χ0) is 24.8. The lowest BCUT2D eigenvalue weighted by Crippen LogP contribution is -2.03. The Morgan fingerprint density at radius 3 is 2.26 bits per heavy atom. The topological polar surface area (TPSA) is 9.23 Å². The Hall–Kier alpha value is -3.27. The van der Waals surface area contributed by atoms with Gasteiger partial charge in [0, 0.05) is 11.1 Å². The monoisotopic (exact) mass is 476 g/mol. The van der Waals surface area contributed by atoms with E-state index in [4.69, 9.17) is 4.74 Å². The average molecular weight is 477 g/mol. The largest absolute Gasteiger partial charge is 0.490 e. The summed E-state index contributed by atoms with van der Waals surface area (Å²) in [5, 5.41) is 0. The van der Waals surface area contributed by atoms with E-state index in [0.717, 1.165) is 48.8 Å². The van der Waals surface area contributed by atoms with Crippen molar-refractivity contribution in [2.24, 2.45) is 5.92 Å². The van der Waals surface area contributed by atoms with Crippen LogP contribution in [0.5, 0.6) is 5.75 Å². The van der Waals surface area contributed by atoms with E-state index in [1.807, 2.05) is 26.0 Å². The van der Waals surface area contributed by atoms with Crippen molar-refractivity contribution < 1.29 is 17.9 Å². The summed E-state index contributed by atoms with van der Waals surface area (Å²) in [4.78, 5) is 0. The summed E-state index contributed by atoms with van der Waals surface area (Å²) in [6, 6.07) is 15.3. The van der Waals surface area contributed by atoms with Crippen LogP contribution in [-0.4, -0.2) is 6.61 Å². The standard InChI is InChI=1S/C31H31F3O/c1-3-5-19-35-29-18-17-27(30(33)31(29)34)24-13-11-22(12-14-24)25-15-16-26(28(32)20-25)23-9-7-21(6-4-2)8-10-23/h4,6,9,11-18,20-21H,3,5,7-8,10,19H2,1-2H3. The number of allylic oxidation sites excluding steroid dienone is 4. The molecular weight excluding hydrogens is 445 g/mol. The fourth-order valence-electron chi connectivity index (χ4n) is 4.54. The van der Waals surface area contributed by atoms with E-state index in [1.54, 1.807) is 30.3 Å². The molecule has 182 valence electrons. The highest BCUT2D eigenvalue weighted by atomic mass is 19.2. The third kappa shape index (κ3) is 5.70. The first-order valence-electron chi connectivity index (χ1n) is 12.3. The van der Waals surface area contributed by atoms with Crippen LogP contribution in [0.2, 0.25) is 0 Å². The maximum absolute atomic E-state index is 15.0. The fourth-order valence-corrected chi connectivity index (χ4v) is 4.54. The molecule has 1 aliphatic carbocycles. The van der Waals surface area contributed by atoms with Gasteiger partial charge in [0.2, 0.25) is 5.82 Å². The SMILES string of the molecule is CC=CC1CC=C(c2ccc(-c3ccc(-c4ccc(OCCCC)c(F)c4F)cc3)cc2F)CC1. The molecular formula is C31H31F3O. The first kappa shape index (κ1) is 24.8. The smallest absolute Gasteiger partial charge is 0.201 e. The molecule has 1 unspecified atom stereocenters. The van der Waals surface area contributed by atoms with Crippen LogP contribution in [0.1, 0.15) is 51.5 Å². The molecule has 4 heteroatoms. The first-order valence-corrected chi connectivity index (χ1v) is 12.3. The van der Waals surface area contributed by atoms with Gasteiger partial charge >= 0.3 is 0 Å². The van der Waals surface area contributed by atoms with E-state index in [1.165, 1.54) is 12.1 Å². The minimum atomic E-state index is -0.977. The quantitative estimate of drug-likeness (QED) is 0.232. The Morgan fingerprint density at radius 2 is 1.60 bits per heavy atom. The molecule has 0 N–H and O–H groups in total. The number of rotatable bonds is 8. The molecule has 35 heavy (non-hydrogen) atoms. The van der Waals surface area contributed by atoms with E-state index < -0.39 is 11.6 Å². The maximum atomic E-state index is 15.0. The van der Waals surface area contributed by atoms with Gasteiger partial charge in [0.15, 0.2) is 11.6 Å². The zero-order valence-electron chi connectivity index (χ0n) is 20.3. The van der Waals surface area contributed by atoms with Crippen molar-refractivity contribution in [1.29, 1.82) is 0 Å². The van der Waals surface area contributed by atoms with Crippen molar-refractivity contribution in [2.45, 2.75) is 46.0 Å². The second-order valence-corrected chi connectivity index (χ2v) is 9.00. The molecule has 1 aliphatic rings. The molecule has 4 rings (SSSR count). The van der Waals surface area contributed by atoms with Gasteiger partial charge in [-0.05, 0) is 79.0 Å². The van der Waals surface area contributed by atoms with E-state index in [0.29, 0.717) is 23.7 Å². The number of ether oxygens (including phenoxy) is 1. The molecule has 0 aromatic heterocycles. The normalized spacial score (nSPS) is 15.9. The average Bonchev–Trinajstić information content (AvgIpc) is 2.88. The summed E-state index contributed by atoms with van der Waals surface area (Å²) in [7, 11) is 0. The minimum Gasteiger partial charge on any atom is -0.490 e. The van der Waals surface area contributed by atoms with Gasteiger partial charge < -0.3 is 4.74 Å². The predicted molar refractivity (Wildman–Crippen MR) is 138 cm³/mol. The molecule has 1 atom stereocenters. The van der Waals surface area contributed by atoms with Crippen molar-refractivity contribution in [3.8, 4) is 28.0 Å². The fraction of sp³-hybridized carbons (Fsp3) is 0.290. The van der Waals surface area contributed by atoms with Crippen LogP contribution < -0.4 is 4.74 Å². The lowest BCUT2D eigenvalue weighted by molar-refractivity contribution is 0.289. The van der Waals surface area contributed by atoms with E-state index >= 15 is 0 Å².